The zero-order valence-corrected chi connectivity index (χ0v) is 12.0. The Bertz CT molecular complexity index is 310. The molecule has 0 aliphatic rings. The molecule has 18 heavy (non-hydrogen) atoms. The lowest BCUT2D eigenvalue weighted by molar-refractivity contribution is 0.304. The largest absolute Gasteiger partial charge is 0.490 e. The minimum Gasteiger partial charge on any atom is -0.490 e. The van der Waals surface area contributed by atoms with Crippen LogP contribution >= 0.6 is 0 Å². The van der Waals surface area contributed by atoms with Crippen molar-refractivity contribution in [3.8, 4) is 5.75 Å². The van der Waals surface area contributed by atoms with Gasteiger partial charge in [-0.3, -0.25) is 4.68 Å². The van der Waals surface area contributed by atoms with E-state index in [1.807, 2.05) is 13.2 Å². The lowest BCUT2D eigenvalue weighted by atomic mass is 10.2. The number of nitrogens with zero attached hydrogens (tertiary/aromatic N) is 2. The van der Waals surface area contributed by atoms with Crippen LogP contribution in [0.3, 0.4) is 0 Å². The maximum Gasteiger partial charge on any atom is 0.157 e. The first kappa shape index (κ1) is 15.0. The summed E-state index contributed by atoms with van der Waals surface area (Å²) in [5.74, 6) is 1.62. The van der Waals surface area contributed by atoms with E-state index in [4.69, 9.17) is 4.74 Å². The van der Waals surface area contributed by atoms with E-state index in [9.17, 15) is 0 Å². The van der Waals surface area contributed by atoms with Crippen LogP contribution in [0, 0.1) is 5.92 Å². The molecule has 0 aromatic carbocycles. The number of ether oxygens (including phenoxy) is 1. The number of hydrogen-bond donors (Lipinski definition) is 1. The number of rotatable bonds is 10. The highest BCUT2D eigenvalue weighted by Crippen LogP contribution is 2.08. The Labute approximate surface area is 111 Å². The van der Waals surface area contributed by atoms with Gasteiger partial charge in [0.15, 0.2) is 5.75 Å². The van der Waals surface area contributed by atoms with Crippen LogP contribution in [0.25, 0.3) is 0 Å². The van der Waals surface area contributed by atoms with Gasteiger partial charge in [0.1, 0.15) is 0 Å². The minimum atomic E-state index is 0.748. The number of unbranched alkanes of at least 4 members (excludes halogenated alkanes) is 3. The van der Waals surface area contributed by atoms with E-state index in [1.165, 1.54) is 19.3 Å². The van der Waals surface area contributed by atoms with E-state index in [0.717, 1.165) is 37.8 Å². The third-order valence-corrected chi connectivity index (χ3v) is 2.75. The quantitative estimate of drug-likeness (QED) is 0.651. The van der Waals surface area contributed by atoms with Gasteiger partial charge in [0, 0.05) is 7.05 Å². The van der Waals surface area contributed by atoms with Gasteiger partial charge < -0.3 is 10.1 Å². The second kappa shape index (κ2) is 8.97. The first-order chi connectivity index (χ1) is 8.68. The molecule has 1 aromatic rings. The van der Waals surface area contributed by atoms with Crippen molar-refractivity contribution >= 4 is 0 Å². The SMILES string of the molecule is CC(C)CNCCCCCCOc1cnn(C)c1. The highest BCUT2D eigenvalue weighted by molar-refractivity contribution is 5.10. The van der Waals surface area contributed by atoms with Crippen molar-refractivity contribution in [1.82, 2.24) is 15.1 Å². The van der Waals surface area contributed by atoms with E-state index in [1.54, 1.807) is 10.9 Å². The Morgan fingerprint density at radius 1 is 1.28 bits per heavy atom. The first-order valence-corrected chi connectivity index (χ1v) is 7.00. The number of nitrogens with one attached hydrogen (secondary N) is 1. The monoisotopic (exact) mass is 253 g/mol. The van der Waals surface area contributed by atoms with Crippen LogP contribution in [0.4, 0.5) is 0 Å². The van der Waals surface area contributed by atoms with Crippen LogP contribution in [0.1, 0.15) is 39.5 Å². The van der Waals surface area contributed by atoms with Gasteiger partial charge in [-0.2, -0.15) is 5.10 Å². The number of aryl methyl sites for hydroxylation is 1. The predicted octanol–water partition coefficient (Wildman–Crippen LogP) is 2.60. The standard InChI is InChI=1S/C14H27N3O/c1-13(2)10-15-8-6-4-5-7-9-18-14-11-16-17(3)12-14/h11-13,15H,4-10H2,1-3H3. The molecule has 1 N–H and O–H groups in total. The Kier molecular flexibility index (Phi) is 7.49. The molecule has 0 bridgehead atoms. The van der Waals surface area contributed by atoms with Gasteiger partial charge in [0.25, 0.3) is 0 Å². The van der Waals surface area contributed by atoms with Gasteiger partial charge in [-0.25, -0.2) is 0 Å². The molecule has 0 aliphatic carbocycles. The first-order valence-electron chi connectivity index (χ1n) is 7.00. The van der Waals surface area contributed by atoms with E-state index in [0.29, 0.717) is 0 Å². The van der Waals surface area contributed by atoms with Crippen LogP contribution in [-0.2, 0) is 7.05 Å². The highest BCUT2D eigenvalue weighted by Gasteiger charge is 1.97. The van der Waals surface area contributed by atoms with Gasteiger partial charge in [-0.05, 0) is 31.8 Å². The topological polar surface area (TPSA) is 39.1 Å². The molecular weight excluding hydrogens is 226 g/mol. The molecule has 0 saturated carbocycles. The molecule has 0 fully saturated rings. The fourth-order valence-corrected chi connectivity index (χ4v) is 1.76. The average Bonchev–Trinajstić information content (AvgIpc) is 2.72. The van der Waals surface area contributed by atoms with Crippen molar-refractivity contribution in [2.45, 2.75) is 39.5 Å². The molecule has 1 aromatic heterocycles. The molecule has 0 spiro atoms. The van der Waals surface area contributed by atoms with E-state index < -0.39 is 0 Å². The molecule has 0 atom stereocenters. The minimum absolute atomic E-state index is 0.748. The van der Waals surface area contributed by atoms with Crippen LogP contribution in [-0.4, -0.2) is 29.5 Å². The Balaban J connectivity index is 1.84. The van der Waals surface area contributed by atoms with Gasteiger partial charge in [-0.15, -0.1) is 0 Å². The fourth-order valence-electron chi connectivity index (χ4n) is 1.76. The lowest BCUT2D eigenvalue weighted by Gasteiger charge is -2.07. The van der Waals surface area contributed by atoms with Crippen molar-refractivity contribution in [2.75, 3.05) is 19.7 Å². The molecule has 0 unspecified atom stereocenters. The van der Waals surface area contributed by atoms with Crippen LogP contribution in [0.15, 0.2) is 12.4 Å². The smallest absolute Gasteiger partial charge is 0.157 e. The third kappa shape index (κ3) is 7.33. The summed E-state index contributed by atoms with van der Waals surface area (Å²) in [6.07, 6.45) is 8.56. The second-order valence-corrected chi connectivity index (χ2v) is 5.21. The Morgan fingerprint density at radius 3 is 2.72 bits per heavy atom. The molecule has 0 aliphatic heterocycles. The molecular formula is C14H27N3O. The van der Waals surface area contributed by atoms with Crippen molar-refractivity contribution < 1.29 is 4.74 Å². The molecule has 0 amide bonds. The van der Waals surface area contributed by atoms with Crippen LogP contribution in [0.2, 0.25) is 0 Å². The Morgan fingerprint density at radius 2 is 2.06 bits per heavy atom. The molecule has 1 heterocycles. The summed E-state index contributed by atoms with van der Waals surface area (Å²) in [7, 11) is 1.90. The fraction of sp³-hybridized carbons (Fsp3) is 0.786. The summed E-state index contributed by atoms with van der Waals surface area (Å²) in [5.41, 5.74) is 0. The Hall–Kier alpha value is -1.03. The van der Waals surface area contributed by atoms with Crippen molar-refractivity contribution in [3.63, 3.8) is 0 Å². The zero-order chi connectivity index (χ0) is 13.2. The third-order valence-electron chi connectivity index (χ3n) is 2.75. The predicted molar refractivity (Wildman–Crippen MR) is 74.9 cm³/mol. The molecule has 104 valence electrons. The molecule has 4 nitrogen and oxygen atoms in total. The maximum absolute atomic E-state index is 5.59. The average molecular weight is 253 g/mol. The van der Waals surface area contributed by atoms with E-state index in [-0.39, 0.29) is 0 Å². The van der Waals surface area contributed by atoms with Crippen LogP contribution < -0.4 is 10.1 Å². The lowest BCUT2D eigenvalue weighted by Crippen LogP contribution is -2.20. The molecule has 0 saturated heterocycles. The molecule has 4 heteroatoms. The highest BCUT2D eigenvalue weighted by atomic mass is 16.5. The van der Waals surface area contributed by atoms with Crippen LogP contribution in [0.5, 0.6) is 5.75 Å². The van der Waals surface area contributed by atoms with Gasteiger partial charge in [0.2, 0.25) is 0 Å². The van der Waals surface area contributed by atoms with Crippen molar-refractivity contribution in [1.29, 1.82) is 0 Å². The molecule has 1 rings (SSSR count). The molecule has 0 radical (unpaired) electrons. The van der Waals surface area contributed by atoms with Gasteiger partial charge in [-0.1, -0.05) is 26.7 Å². The summed E-state index contributed by atoms with van der Waals surface area (Å²) in [4.78, 5) is 0. The summed E-state index contributed by atoms with van der Waals surface area (Å²) in [6.45, 7) is 7.54. The van der Waals surface area contributed by atoms with Gasteiger partial charge in [0.05, 0.1) is 19.0 Å². The second-order valence-electron chi connectivity index (χ2n) is 5.21. The summed E-state index contributed by atoms with van der Waals surface area (Å²) < 4.78 is 7.35. The van der Waals surface area contributed by atoms with E-state index in [2.05, 4.69) is 24.3 Å². The number of hydrogen-bond acceptors (Lipinski definition) is 3. The summed E-state index contributed by atoms with van der Waals surface area (Å²) >= 11 is 0. The van der Waals surface area contributed by atoms with Crippen molar-refractivity contribution in [2.24, 2.45) is 13.0 Å². The normalized spacial score (nSPS) is 11.1. The van der Waals surface area contributed by atoms with Gasteiger partial charge >= 0.3 is 0 Å². The zero-order valence-electron chi connectivity index (χ0n) is 12.0. The summed E-state index contributed by atoms with van der Waals surface area (Å²) in [5, 5.41) is 7.53. The van der Waals surface area contributed by atoms with Crippen molar-refractivity contribution in [3.05, 3.63) is 12.4 Å². The summed E-state index contributed by atoms with van der Waals surface area (Å²) in [6, 6.07) is 0. The number of aromatic nitrogens is 2. The van der Waals surface area contributed by atoms with E-state index >= 15 is 0 Å². The maximum atomic E-state index is 5.59.